The van der Waals surface area contributed by atoms with Gasteiger partial charge in [-0.05, 0) is 41.6 Å². The Kier molecular flexibility index (Phi) is 2.43. The number of carboxylic acids is 1. The minimum Gasteiger partial charge on any atom is -0.478 e. The smallest absolute Gasteiger partial charge is 0.338 e. The number of halogens is 1. The normalized spacial score (nSPS) is 9.64. The molecule has 1 aromatic rings. The lowest BCUT2D eigenvalue weighted by Crippen LogP contribution is -2.01. The average Bonchev–Trinajstić information content (AvgIpc) is 1.85. The van der Waals surface area contributed by atoms with Gasteiger partial charge in [0.15, 0.2) is 0 Å². The third-order valence-electron chi connectivity index (χ3n) is 1.22. The molecule has 0 saturated heterocycles. The van der Waals surface area contributed by atoms with E-state index >= 15 is 0 Å². The van der Waals surface area contributed by atoms with E-state index in [-0.39, 0.29) is 5.56 Å². The number of hydrogen-bond acceptors (Lipinski definition) is 2. The van der Waals surface area contributed by atoms with Crippen LogP contribution in [0, 0.1) is 10.6 Å². The lowest BCUT2D eigenvalue weighted by Gasteiger charge is -1.97. The van der Waals surface area contributed by atoms with Gasteiger partial charge in [0.1, 0.15) is 3.70 Å². The van der Waals surface area contributed by atoms with E-state index in [1.54, 1.807) is 12.1 Å². The van der Waals surface area contributed by atoms with Crippen LogP contribution in [-0.4, -0.2) is 16.1 Å². The highest BCUT2D eigenvalue weighted by Gasteiger charge is 2.07. The zero-order chi connectivity index (χ0) is 8.43. The van der Waals surface area contributed by atoms with Gasteiger partial charge >= 0.3 is 5.97 Å². The van der Waals surface area contributed by atoms with E-state index in [9.17, 15) is 4.79 Å². The van der Waals surface area contributed by atoms with E-state index in [1.807, 2.05) is 29.5 Å². The predicted molar refractivity (Wildman–Crippen MR) is 48.7 cm³/mol. The first kappa shape index (κ1) is 8.45. The van der Waals surface area contributed by atoms with Gasteiger partial charge in [-0.3, -0.25) is 0 Å². The molecular formula is C7H6INO2. The van der Waals surface area contributed by atoms with Crippen LogP contribution in [0.25, 0.3) is 0 Å². The van der Waals surface area contributed by atoms with Gasteiger partial charge in [0.2, 0.25) is 0 Å². The summed E-state index contributed by atoms with van der Waals surface area (Å²) in [6, 6.07) is 3.25. The Bertz CT molecular complexity index is 298. The van der Waals surface area contributed by atoms with Crippen molar-refractivity contribution >= 4 is 28.6 Å². The first-order valence-corrected chi connectivity index (χ1v) is 4.05. The van der Waals surface area contributed by atoms with E-state index in [4.69, 9.17) is 5.11 Å². The number of carbonyl (C=O) groups is 1. The van der Waals surface area contributed by atoms with Crippen LogP contribution in [0.5, 0.6) is 0 Å². The molecule has 0 aliphatic carbocycles. The zero-order valence-electron chi connectivity index (χ0n) is 5.84. The summed E-state index contributed by atoms with van der Waals surface area (Å²) in [5.74, 6) is -0.929. The molecule has 58 valence electrons. The molecule has 0 bridgehead atoms. The highest BCUT2D eigenvalue weighted by Crippen LogP contribution is 2.09. The standard InChI is InChI=1S/C7H6INO2/c1-4-2-3-5(7(10)11)6(8)9-4/h2-3H,1H3,(H,10,11). The van der Waals surface area contributed by atoms with Gasteiger partial charge in [0, 0.05) is 5.69 Å². The van der Waals surface area contributed by atoms with Crippen molar-refractivity contribution in [1.29, 1.82) is 0 Å². The molecular weight excluding hydrogens is 257 g/mol. The predicted octanol–water partition coefficient (Wildman–Crippen LogP) is 1.69. The SMILES string of the molecule is Cc1ccc(C(=O)O)c(I)n1. The largest absolute Gasteiger partial charge is 0.478 e. The van der Waals surface area contributed by atoms with Crippen molar-refractivity contribution in [3.63, 3.8) is 0 Å². The summed E-state index contributed by atoms with van der Waals surface area (Å²) in [6.45, 7) is 1.83. The number of carboxylic acid groups (broad SMARTS) is 1. The van der Waals surface area contributed by atoms with Crippen molar-refractivity contribution in [2.45, 2.75) is 6.92 Å². The molecule has 0 aliphatic rings. The van der Waals surface area contributed by atoms with E-state index in [0.717, 1.165) is 5.69 Å². The van der Waals surface area contributed by atoms with E-state index < -0.39 is 5.97 Å². The van der Waals surface area contributed by atoms with Gasteiger partial charge in [-0.1, -0.05) is 0 Å². The van der Waals surface area contributed by atoms with Crippen LogP contribution in [0.3, 0.4) is 0 Å². The summed E-state index contributed by atoms with van der Waals surface area (Å²) in [4.78, 5) is 14.5. The average molecular weight is 263 g/mol. The summed E-state index contributed by atoms with van der Waals surface area (Å²) in [5.41, 5.74) is 1.09. The van der Waals surface area contributed by atoms with Crippen LogP contribution in [0.4, 0.5) is 0 Å². The molecule has 0 fully saturated rings. The number of rotatable bonds is 1. The molecule has 1 rings (SSSR count). The molecule has 0 radical (unpaired) electrons. The van der Waals surface area contributed by atoms with Gasteiger partial charge in [0.05, 0.1) is 5.56 Å². The minimum atomic E-state index is -0.929. The Morgan fingerprint density at radius 2 is 2.27 bits per heavy atom. The summed E-state index contributed by atoms with van der Waals surface area (Å²) in [6.07, 6.45) is 0. The fourth-order valence-electron chi connectivity index (χ4n) is 0.685. The minimum absolute atomic E-state index is 0.260. The van der Waals surface area contributed by atoms with Gasteiger partial charge < -0.3 is 5.11 Å². The maximum Gasteiger partial charge on any atom is 0.338 e. The second-order valence-corrected chi connectivity index (χ2v) is 3.12. The first-order valence-electron chi connectivity index (χ1n) is 2.97. The summed E-state index contributed by atoms with van der Waals surface area (Å²) < 4.78 is 0.537. The molecule has 11 heavy (non-hydrogen) atoms. The van der Waals surface area contributed by atoms with Gasteiger partial charge in [0.25, 0.3) is 0 Å². The van der Waals surface area contributed by atoms with Gasteiger partial charge in [-0.15, -0.1) is 0 Å². The van der Waals surface area contributed by atoms with Crippen molar-refractivity contribution in [3.8, 4) is 0 Å². The highest BCUT2D eigenvalue weighted by atomic mass is 127. The van der Waals surface area contributed by atoms with E-state index in [1.165, 1.54) is 0 Å². The number of aromatic carboxylic acids is 1. The molecule has 4 heteroatoms. The topological polar surface area (TPSA) is 50.2 Å². The number of nitrogens with zero attached hydrogens (tertiary/aromatic N) is 1. The van der Waals surface area contributed by atoms with Crippen LogP contribution < -0.4 is 0 Å². The first-order chi connectivity index (χ1) is 5.11. The van der Waals surface area contributed by atoms with Crippen LogP contribution >= 0.6 is 22.6 Å². The monoisotopic (exact) mass is 263 g/mol. The Labute approximate surface area is 77.6 Å². The fourth-order valence-corrected chi connectivity index (χ4v) is 1.48. The molecule has 1 N–H and O–H groups in total. The van der Waals surface area contributed by atoms with Crippen molar-refractivity contribution in [3.05, 3.63) is 27.1 Å². The lowest BCUT2D eigenvalue weighted by atomic mass is 10.2. The summed E-state index contributed by atoms with van der Waals surface area (Å²) in [5, 5.41) is 8.61. The molecule has 0 saturated carbocycles. The molecule has 1 aromatic heterocycles. The quantitative estimate of drug-likeness (QED) is 0.619. The molecule has 0 aliphatic heterocycles. The Hall–Kier alpha value is -0.650. The summed E-state index contributed by atoms with van der Waals surface area (Å²) >= 11 is 1.91. The maximum atomic E-state index is 10.5. The van der Waals surface area contributed by atoms with E-state index in [0.29, 0.717) is 3.70 Å². The Morgan fingerprint density at radius 1 is 1.64 bits per heavy atom. The maximum absolute atomic E-state index is 10.5. The van der Waals surface area contributed by atoms with Crippen LogP contribution in [0.15, 0.2) is 12.1 Å². The van der Waals surface area contributed by atoms with E-state index in [2.05, 4.69) is 4.98 Å². The molecule has 3 nitrogen and oxygen atoms in total. The molecule has 0 aromatic carbocycles. The summed E-state index contributed by atoms with van der Waals surface area (Å²) in [7, 11) is 0. The number of aromatic nitrogens is 1. The number of aryl methyl sites for hydroxylation is 1. The van der Waals surface area contributed by atoms with Crippen molar-refractivity contribution in [1.82, 2.24) is 4.98 Å². The molecule has 0 spiro atoms. The van der Waals surface area contributed by atoms with Crippen LogP contribution in [0.1, 0.15) is 16.1 Å². The second-order valence-electron chi connectivity index (χ2n) is 2.10. The van der Waals surface area contributed by atoms with Crippen LogP contribution in [0.2, 0.25) is 0 Å². The van der Waals surface area contributed by atoms with Crippen molar-refractivity contribution in [2.75, 3.05) is 0 Å². The third kappa shape index (κ3) is 1.89. The van der Waals surface area contributed by atoms with Crippen LogP contribution in [-0.2, 0) is 0 Å². The third-order valence-corrected chi connectivity index (χ3v) is 2.04. The zero-order valence-corrected chi connectivity index (χ0v) is 7.99. The fraction of sp³-hybridized carbons (Fsp3) is 0.143. The highest BCUT2D eigenvalue weighted by molar-refractivity contribution is 14.1. The Balaban J connectivity index is 3.20. The molecule has 0 atom stereocenters. The molecule has 0 unspecified atom stereocenters. The van der Waals surface area contributed by atoms with Crippen molar-refractivity contribution < 1.29 is 9.90 Å². The molecule has 0 amide bonds. The molecule has 1 heterocycles. The number of hydrogen-bond donors (Lipinski definition) is 1. The van der Waals surface area contributed by atoms with Crippen molar-refractivity contribution in [2.24, 2.45) is 0 Å². The van der Waals surface area contributed by atoms with Gasteiger partial charge in [-0.2, -0.15) is 0 Å². The van der Waals surface area contributed by atoms with Gasteiger partial charge in [-0.25, -0.2) is 9.78 Å². The Morgan fingerprint density at radius 3 is 2.73 bits per heavy atom. The number of pyridine rings is 1. The lowest BCUT2D eigenvalue weighted by molar-refractivity contribution is 0.0695. The second kappa shape index (κ2) is 3.17.